The molecule has 1 unspecified atom stereocenters. The van der Waals surface area contributed by atoms with Gasteiger partial charge in [-0.3, -0.25) is 4.79 Å². The van der Waals surface area contributed by atoms with Crippen LogP contribution in [0.2, 0.25) is 0 Å². The molecule has 18 heavy (non-hydrogen) atoms. The molecule has 1 N–H and O–H groups in total. The molecule has 1 aromatic carbocycles. The molecule has 0 spiro atoms. The van der Waals surface area contributed by atoms with Crippen molar-refractivity contribution < 1.29 is 4.79 Å². The zero-order valence-corrected chi connectivity index (χ0v) is 11.5. The molecule has 0 fully saturated rings. The number of anilines is 1. The van der Waals surface area contributed by atoms with Gasteiger partial charge in [0.1, 0.15) is 12.0 Å². The van der Waals surface area contributed by atoms with Gasteiger partial charge in [0, 0.05) is 4.47 Å². The number of halogens is 1. The van der Waals surface area contributed by atoms with E-state index in [1.54, 1.807) is 18.2 Å². The van der Waals surface area contributed by atoms with Crippen LogP contribution in [-0.4, -0.2) is 5.91 Å². The van der Waals surface area contributed by atoms with Crippen LogP contribution in [-0.2, 0) is 4.79 Å². The van der Waals surface area contributed by atoms with Crippen LogP contribution in [0, 0.1) is 28.6 Å². The zero-order valence-electron chi connectivity index (χ0n) is 9.90. The summed E-state index contributed by atoms with van der Waals surface area (Å²) < 4.78 is 0.766. The Bertz CT molecular complexity index is 528. The van der Waals surface area contributed by atoms with Gasteiger partial charge in [-0.2, -0.15) is 10.5 Å². The lowest BCUT2D eigenvalue weighted by atomic mass is 10.0. The molecule has 1 rings (SSSR count). The highest BCUT2D eigenvalue weighted by Gasteiger charge is 2.17. The topological polar surface area (TPSA) is 76.7 Å². The number of hydrogen-bond acceptors (Lipinski definition) is 3. The molecule has 1 atom stereocenters. The van der Waals surface area contributed by atoms with Crippen LogP contribution in [0.1, 0.15) is 25.3 Å². The summed E-state index contributed by atoms with van der Waals surface area (Å²) in [5.74, 6) is -1.04. The van der Waals surface area contributed by atoms with Crippen LogP contribution in [0.25, 0.3) is 0 Å². The van der Waals surface area contributed by atoms with E-state index in [-0.39, 0.29) is 5.91 Å². The molecule has 5 heteroatoms. The molecule has 0 radical (unpaired) electrons. The van der Waals surface area contributed by atoms with E-state index in [2.05, 4.69) is 21.2 Å². The van der Waals surface area contributed by atoms with Crippen molar-refractivity contribution in [2.24, 2.45) is 5.92 Å². The minimum absolute atomic E-state index is 0.363. The standard InChI is InChI=1S/C13H12BrN3O/c1-2-3-9(7-15)13(18)17-12-5-4-11(14)6-10(12)8-16/h4-6,9H,2-3H2,1H3,(H,17,18). The maximum Gasteiger partial charge on any atom is 0.241 e. The van der Waals surface area contributed by atoms with E-state index >= 15 is 0 Å². The molecule has 0 aliphatic carbocycles. The highest BCUT2D eigenvalue weighted by molar-refractivity contribution is 9.10. The Morgan fingerprint density at radius 3 is 2.78 bits per heavy atom. The number of rotatable bonds is 4. The molecule has 4 nitrogen and oxygen atoms in total. The summed E-state index contributed by atoms with van der Waals surface area (Å²) >= 11 is 3.25. The van der Waals surface area contributed by atoms with Crippen molar-refractivity contribution in [2.75, 3.05) is 5.32 Å². The van der Waals surface area contributed by atoms with Gasteiger partial charge in [0.2, 0.25) is 5.91 Å². The number of nitrogens with zero attached hydrogens (tertiary/aromatic N) is 2. The monoisotopic (exact) mass is 305 g/mol. The molecular formula is C13H12BrN3O. The average molecular weight is 306 g/mol. The number of nitrogens with one attached hydrogen (secondary N) is 1. The number of carbonyl (C=O) groups excluding carboxylic acids is 1. The maximum absolute atomic E-state index is 11.8. The molecule has 1 amide bonds. The number of benzene rings is 1. The maximum atomic E-state index is 11.8. The summed E-state index contributed by atoms with van der Waals surface area (Å²) in [5, 5.41) is 20.5. The Labute approximate surface area is 114 Å². The van der Waals surface area contributed by atoms with E-state index < -0.39 is 5.92 Å². The van der Waals surface area contributed by atoms with Crippen molar-refractivity contribution in [3.8, 4) is 12.1 Å². The summed E-state index contributed by atoms with van der Waals surface area (Å²) in [5.41, 5.74) is 0.799. The zero-order chi connectivity index (χ0) is 13.5. The first-order valence-corrected chi connectivity index (χ1v) is 6.31. The van der Waals surface area contributed by atoms with Gasteiger partial charge in [0.25, 0.3) is 0 Å². The van der Waals surface area contributed by atoms with E-state index in [0.29, 0.717) is 17.7 Å². The summed E-state index contributed by atoms with van der Waals surface area (Å²) in [7, 11) is 0. The summed E-state index contributed by atoms with van der Waals surface area (Å²) in [4.78, 5) is 11.8. The minimum Gasteiger partial charge on any atom is -0.324 e. The molecule has 0 aromatic heterocycles. The second kappa shape index (κ2) is 6.78. The third-order valence-electron chi connectivity index (χ3n) is 2.41. The number of carbonyl (C=O) groups is 1. The summed E-state index contributed by atoms with van der Waals surface area (Å²) in [6.07, 6.45) is 1.28. The third kappa shape index (κ3) is 3.58. The van der Waals surface area contributed by atoms with Gasteiger partial charge in [-0.15, -0.1) is 0 Å². The fraction of sp³-hybridized carbons (Fsp3) is 0.308. The quantitative estimate of drug-likeness (QED) is 0.928. The van der Waals surface area contributed by atoms with Gasteiger partial charge in [-0.1, -0.05) is 29.3 Å². The Hall–Kier alpha value is -1.85. The number of hydrogen-bond donors (Lipinski definition) is 1. The Morgan fingerprint density at radius 1 is 1.50 bits per heavy atom. The van der Waals surface area contributed by atoms with Crippen molar-refractivity contribution in [3.63, 3.8) is 0 Å². The summed E-state index contributed by atoms with van der Waals surface area (Å²) in [6, 6.07) is 8.97. The Balaban J connectivity index is 2.89. The lowest BCUT2D eigenvalue weighted by Gasteiger charge is -2.10. The SMILES string of the molecule is CCCC(C#N)C(=O)Nc1ccc(Br)cc1C#N. The van der Waals surface area contributed by atoms with Crippen LogP contribution in [0.4, 0.5) is 5.69 Å². The minimum atomic E-state index is -0.676. The fourth-order valence-corrected chi connectivity index (χ4v) is 1.84. The van der Waals surface area contributed by atoms with Crippen molar-refractivity contribution >= 4 is 27.5 Å². The van der Waals surface area contributed by atoms with Crippen molar-refractivity contribution in [1.82, 2.24) is 0 Å². The number of amides is 1. The fourth-order valence-electron chi connectivity index (χ4n) is 1.48. The second-order valence-corrected chi connectivity index (χ2v) is 4.68. The first-order chi connectivity index (χ1) is 8.62. The highest BCUT2D eigenvalue weighted by atomic mass is 79.9. The van der Waals surface area contributed by atoms with E-state index in [4.69, 9.17) is 10.5 Å². The van der Waals surface area contributed by atoms with Crippen LogP contribution in [0.3, 0.4) is 0 Å². The highest BCUT2D eigenvalue weighted by Crippen LogP contribution is 2.21. The van der Waals surface area contributed by atoms with E-state index in [1.807, 2.05) is 19.1 Å². The van der Waals surface area contributed by atoms with Crippen molar-refractivity contribution in [1.29, 1.82) is 10.5 Å². The van der Waals surface area contributed by atoms with E-state index in [9.17, 15) is 4.79 Å². The van der Waals surface area contributed by atoms with Crippen LogP contribution >= 0.6 is 15.9 Å². The average Bonchev–Trinajstić information content (AvgIpc) is 2.37. The van der Waals surface area contributed by atoms with Gasteiger partial charge >= 0.3 is 0 Å². The molecule has 0 aliphatic rings. The molecule has 0 saturated heterocycles. The molecule has 92 valence electrons. The predicted molar refractivity (Wildman–Crippen MR) is 71.5 cm³/mol. The Kier molecular flexibility index (Phi) is 5.35. The van der Waals surface area contributed by atoms with E-state index in [1.165, 1.54) is 0 Å². The molecule has 0 aliphatic heterocycles. The molecule has 0 bridgehead atoms. The van der Waals surface area contributed by atoms with Gasteiger partial charge in [0.05, 0.1) is 17.3 Å². The normalized spacial score (nSPS) is 11.1. The van der Waals surface area contributed by atoms with E-state index in [0.717, 1.165) is 10.9 Å². The van der Waals surface area contributed by atoms with Gasteiger partial charge in [0.15, 0.2) is 0 Å². The van der Waals surface area contributed by atoms with Crippen LogP contribution < -0.4 is 5.32 Å². The smallest absolute Gasteiger partial charge is 0.241 e. The first kappa shape index (κ1) is 14.2. The lowest BCUT2D eigenvalue weighted by molar-refractivity contribution is -0.118. The third-order valence-corrected chi connectivity index (χ3v) is 2.90. The first-order valence-electron chi connectivity index (χ1n) is 5.52. The summed E-state index contributed by atoms with van der Waals surface area (Å²) in [6.45, 7) is 1.91. The largest absolute Gasteiger partial charge is 0.324 e. The lowest BCUT2D eigenvalue weighted by Crippen LogP contribution is -2.21. The molecule has 0 heterocycles. The van der Waals surface area contributed by atoms with Crippen molar-refractivity contribution in [2.45, 2.75) is 19.8 Å². The van der Waals surface area contributed by atoms with Gasteiger partial charge in [-0.05, 0) is 24.6 Å². The Morgan fingerprint density at radius 2 is 2.22 bits per heavy atom. The van der Waals surface area contributed by atoms with Crippen LogP contribution in [0.5, 0.6) is 0 Å². The number of nitriles is 2. The molecular weight excluding hydrogens is 294 g/mol. The van der Waals surface area contributed by atoms with Crippen molar-refractivity contribution in [3.05, 3.63) is 28.2 Å². The predicted octanol–water partition coefficient (Wildman–Crippen LogP) is 3.20. The molecule has 1 aromatic rings. The van der Waals surface area contributed by atoms with Crippen LogP contribution in [0.15, 0.2) is 22.7 Å². The molecule has 0 saturated carbocycles. The van der Waals surface area contributed by atoms with Gasteiger partial charge in [-0.25, -0.2) is 0 Å². The second-order valence-electron chi connectivity index (χ2n) is 3.76. The van der Waals surface area contributed by atoms with Gasteiger partial charge < -0.3 is 5.32 Å².